The number of carbonyl (C=O) groups excluding carboxylic acids is 1. The summed E-state index contributed by atoms with van der Waals surface area (Å²) in [6.07, 6.45) is 6.22. The number of hydrogen-bond donors (Lipinski definition) is 2. The highest BCUT2D eigenvalue weighted by Gasteiger charge is 2.27. The Balaban J connectivity index is 0.000000552. The van der Waals surface area contributed by atoms with Crippen molar-refractivity contribution in [1.82, 2.24) is 20.2 Å². The van der Waals surface area contributed by atoms with E-state index in [0.29, 0.717) is 23.6 Å². The minimum Gasteiger partial charge on any atom is -0.481 e. The Labute approximate surface area is 173 Å². The normalized spacial score (nSPS) is 14.2. The van der Waals surface area contributed by atoms with E-state index in [-0.39, 0.29) is 5.92 Å². The number of ketones is 1. The lowest BCUT2D eigenvalue weighted by Crippen LogP contribution is -2.13. The third kappa shape index (κ3) is 5.26. The molecule has 0 atom stereocenters. The number of halogens is 1. The molecule has 7 nitrogen and oxygen atoms in total. The van der Waals surface area contributed by atoms with Crippen molar-refractivity contribution in [2.45, 2.75) is 38.5 Å². The van der Waals surface area contributed by atoms with Crippen LogP contribution in [0.15, 0.2) is 42.9 Å². The highest BCUT2D eigenvalue weighted by atomic mass is 35.5. The second kappa shape index (κ2) is 9.43. The molecule has 1 aliphatic rings. The number of carbonyl (C=O) groups is 2. The van der Waals surface area contributed by atoms with Crippen molar-refractivity contribution in [2.24, 2.45) is 0 Å². The second-order valence-electron chi connectivity index (χ2n) is 6.79. The van der Waals surface area contributed by atoms with Gasteiger partial charge in [0.15, 0.2) is 0 Å². The molecule has 8 heteroatoms. The second-order valence-corrected chi connectivity index (χ2v) is 7.23. The lowest BCUT2D eigenvalue weighted by Gasteiger charge is -2.21. The monoisotopic (exact) mass is 412 g/mol. The number of nitrogens with one attached hydrogen (secondary N) is 1. The molecule has 0 amide bonds. The lowest BCUT2D eigenvalue weighted by atomic mass is 9.83. The quantitative estimate of drug-likeness (QED) is 0.655. The van der Waals surface area contributed by atoms with Crippen LogP contribution in [0.5, 0.6) is 0 Å². The number of H-pyrrole nitrogens is 1. The summed E-state index contributed by atoms with van der Waals surface area (Å²) in [6, 6.07) is 9.51. The number of carboxylic acids is 1. The summed E-state index contributed by atoms with van der Waals surface area (Å²) in [5.41, 5.74) is 4.70. The third-order valence-electron chi connectivity index (χ3n) is 4.70. The van der Waals surface area contributed by atoms with Gasteiger partial charge in [0.25, 0.3) is 5.97 Å². The van der Waals surface area contributed by atoms with Gasteiger partial charge in [0.05, 0.1) is 5.69 Å². The zero-order valence-corrected chi connectivity index (χ0v) is 16.7. The number of carboxylic acid groups (broad SMARTS) is 1. The fourth-order valence-corrected chi connectivity index (χ4v) is 3.52. The molecule has 150 valence electrons. The van der Waals surface area contributed by atoms with Gasteiger partial charge in [-0.2, -0.15) is 5.10 Å². The van der Waals surface area contributed by atoms with E-state index < -0.39 is 5.97 Å². The Bertz CT molecular complexity index is 973. The lowest BCUT2D eigenvalue weighted by molar-refractivity contribution is -0.134. The molecule has 4 rings (SSSR count). The fourth-order valence-electron chi connectivity index (χ4n) is 3.39. The minimum absolute atomic E-state index is 0.288. The number of nitrogens with zero attached hydrogens (tertiary/aromatic N) is 3. The summed E-state index contributed by atoms with van der Waals surface area (Å²) in [5.74, 6) is -0.200. The van der Waals surface area contributed by atoms with Crippen LogP contribution in [-0.2, 0) is 9.59 Å². The van der Waals surface area contributed by atoms with Crippen LogP contribution < -0.4 is 0 Å². The van der Waals surface area contributed by atoms with E-state index >= 15 is 0 Å². The first-order valence-electron chi connectivity index (χ1n) is 9.27. The van der Waals surface area contributed by atoms with Crippen molar-refractivity contribution in [3.63, 3.8) is 0 Å². The molecule has 0 aliphatic heterocycles. The SMILES string of the molecule is CC(=O)O.O=C1CCC(c2[nH]nc(-c3ccc(Cl)cc3)c2-c2ccncn2)CC1. The van der Waals surface area contributed by atoms with Crippen molar-refractivity contribution >= 4 is 23.4 Å². The number of aromatic nitrogens is 4. The van der Waals surface area contributed by atoms with Crippen molar-refractivity contribution in [2.75, 3.05) is 0 Å². The van der Waals surface area contributed by atoms with Crippen LogP contribution in [0.4, 0.5) is 0 Å². The van der Waals surface area contributed by atoms with Gasteiger partial charge in [-0.1, -0.05) is 23.7 Å². The van der Waals surface area contributed by atoms with E-state index in [4.69, 9.17) is 21.5 Å². The average molecular weight is 413 g/mol. The van der Waals surface area contributed by atoms with Gasteiger partial charge in [0.2, 0.25) is 0 Å². The van der Waals surface area contributed by atoms with Crippen LogP contribution in [0.1, 0.15) is 44.2 Å². The Morgan fingerprint density at radius 2 is 1.83 bits per heavy atom. The average Bonchev–Trinajstić information content (AvgIpc) is 3.14. The predicted molar refractivity (Wildman–Crippen MR) is 110 cm³/mol. The van der Waals surface area contributed by atoms with Crippen LogP contribution in [0.25, 0.3) is 22.5 Å². The molecule has 2 aromatic heterocycles. The van der Waals surface area contributed by atoms with Crippen molar-refractivity contribution in [3.8, 4) is 22.5 Å². The number of benzene rings is 1. The summed E-state index contributed by atoms with van der Waals surface area (Å²) < 4.78 is 0. The topological polar surface area (TPSA) is 109 Å². The molecule has 0 spiro atoms. The highest BCUT2D eigenvalue weighted by Crippen LogP contribution is 2.40. The molecule has 0 saturated heterocycles. The standard InChI is InChI=1S/C19H17ClN4O.C2H4O2/c20-14-5-1-12(2-6-14)18-17(16-9-10-21-11-22-16)19(24-23-18)13-3-7-15(25)8-4-13;1-2(3)4/h1-2,5-6,9-11,13H,3-4,7-8H2,(H,23,24);1H3,(H,3,4). The largest absolute Gasteiger partial charge is 0.481 e. The first-order valence-corrected chi connectivity index (χ1v) is 9.65. The zero-order valence-electron chi connectivity index (χ0n) is 15.9. The van der Waals surface area contributed by atoms with Crippen LogP contribution >= 0.6 is 11.6 Å². The van der Waals surface area contributed by atoms with Gasteiger partial charge in [-0.05, 0) is 31.0 Å². The maximum Gasteiger partial charge on any atom is 0.300 e. The van der Waals surface area contributed by atoms with Gasteiger partial charge in [0, 0.05) is 53.7 Å². The Morgan fingerprint density at radius 3 is 2.41 bits per heavy atom. The van der Waals surface area contributed by atoms with Crippen LogP contribution in [0, 0.1) is 0 Å². The summed E-state index contributed by atoms with van der Waals surface area (Å²) in [5, 5.41) is 15.9. The fraction of sp³-hybridized carbons (Fsp3) is 0.286. The van der Waals surface area contributed by atoms with E-state index in [2.05, 4.69) is 20.2 Å². The summed E-state index contributed by atoms with van der Waals surface area (Å²) in [4.78, 5) is 29.0. The smallest absolute Gasteiger partial charge is 0.300 e. The van der Waals surface area contributed by atoms with Crippen LogP contribution in [0.2, 0.25) is 5.02 Å². The molecule has 2 N–H and O–H groups in total. The molecule has 2 heterocycles. The Hall–Kier alpha value is -3.06. The minimum atomic E-state index is -0.833. The number of hydrogen-bond acceptors (Lipinski definition) is 5. The maximum absolute atomic E-state index is 11.6. The molecule has 3 aromatic rings. The van der Waals surface area contributed by atoms with Gasteiger partial charge < -0.3 is 5.11 Å². The number of Topliss-reactive ketones (excluding diaryl/α,β-unsaturated/α-hetero) is 1. The molecule has 0 unspecified atom stereocenters. The Kier molecular flexibility index (Phi) is 6.72. The summed E-state index contributed by atoms with van der Waals surface area (Å²) in [6.45, 7) is 1.08. The van der Waals surface area contributed by atoms with Crippen LogP contribution in [-0.4, -0.2) is 37.0 Å². The highest BCUT2D eigenvalue weighted by molar-refractivity contribution is 6.30. The molecular weight excluding hydrogens is 392 g/mol. The molecule has 1 aromatic carbocycles. The van der Waals surface area contributed by atoms with Crippen molar-refractivity contribution < 1.29 is 14.7 Å². The number of aromatic amines is 1. The van der Waals surface area contributed by atoms with E-state index in [9.17, 15) is 4.79 Å². The zero-order chi connectivity index (χ0) is 20.8. The summed E-state index contributed by atoms with van der Waals surface area (Å²) >= 11 is 6.02. The van der Waals surface area contributed by atoms with E-state index in [0.717, 1.165) is 48.0 Å². The molecular formula is C21H21ClN4O3. The molecule has 0 bridgehead atoms. The van der Waals surface area contributed by atoms with E-state index in [1.54, 1.807) is 12.5 Å². The van der Waals surface area contributed by atoms with E-state index in [1.165, 1.54) is 0 Å². The maximum atomic E-state index is 11.6. The molecule has 1 aliphatic carbocycles. The van der Waals surface area contributed by atoms with Crippen molar-refractivity contribution in [3.05, 3.63) is 53.6 Å². The van der Waals surface area contributed by atoms with Gasteiger partial charge in [0.1, 0.15) is 17.8 Å². The number of rotatable bonds is 3. The first-order chi connectivity index (χ1) is 14.0. The third-order valence-corrected chi connectivity index (χ3v) is 4.95. The molecule has 1 fully saturated rings. The Morgan fingerprint density at radius 1 is 1.17 bits per heavy atom. The molecule has 1 saturated carbocycles. The van der Waals surface area contributed by atoms with Gasteiger partial charge in [-0.15, -0.1) is 0 Å². The van der Waals surface area contributed by atoms with Gasteiger partial charge >= 0.3 is 0 Å². The van der Waals surface area contributed by atoms with Crippen LogP contribution in [0.3, 0.4) is 0 Å². The van der Waals surface area contributed by atoms with Gasteiger partial charge in [-0.3, -0.25) is 14.7 Å². The summed E-state index contributed by atoms with van der Waals surface area (Å²) in [7, 11) is 0. The molecule has 0 radical (unpaired) electrons. The number of aliphatic carboxylic acids is 1. The van der Waals surface area contributed by atoms with E-state index in [1.807, 2.05) is 30.3 Å². The van der Waals surface area contributed by atoms with Gasteiger partial charge in [-0.25, -0.2) is 9.97 Å². The molecule has 29 heavy (non-hydrogen) atoms. The van der Waals surface area contributed by atoms with Crippen molar-refractivity contribution in [1.29, 1.82) is 0 Å². The first kappa shape index (κ1) is 20.7. The predicted octanol–water partition coefficient (Wildman–Crippen LogP) is 4.50.